The van der Waals surface area contributed by atoms with Gasteiger partial charge < -0.3 is 21.7 Å². The van der Waals surface area contributed by atoms with Gasteiger partial charge in [0, 0.05) is 5.69 Å². The number of hydrogen-bond donors (Lipinski definition) is 4. The maximum Gasteiger partial charge on any atom is 0.320 e. The van der Waals surface area contributed by atoms with E-state index >= 15 is 0 Å². The molecule has 7 heteroatoms. The quantitative estimate of drug-likeness (QED) is 0.463. The fourth-order valence-electron chi connectivity index (χ4n) is 1.19. The summed E-state index contributed by atoms with van der Waals surface area (Å²) >= 11 is 6.27. The van der Waals surface area contributed by atoms with Crippen molar-refractivity contribution in [2.75, 3.05) is 5.73 Å². The van der Waals surface area contributed by atoms with Gasteiger partial charge in [0.1, 0.15) is 11.8 Å². The summed E-state index contributed by atoms with van der Waals surface area (Å²) in [5.41, 5.74) is 11.3. The van der Waals surface area contributed by atoms with Crippen molar-refractivity contribution in [2.45, 2.75) is 26.3 Å². The fraction of sp³-hybridized carbons (Fsp3) is 0.417. The molecule has 0 saturated heterocycles. The minimum atomic E-state index is -0.913. The van der Waals surface area contributed by atoms with Crippen LogP contribution >= 0.6 is 31.9 Å². The number of carboxylic acids is 1. The summed E-state index contributed by atoms with van der Waals surface area (Å²) in [6, 6.07) is 2.59. The number of hydrogen-bond acceptors (Lipinski definition) is 4. The first kappa shape index (κ1) is 18.2. The van der Waals surface area contributed by atoms with Crippen molar-refractivity contribution >= 4 is 43.5 Å². The molecule has 0 aliphatic heterocycles. The molecule has 0 unspecified atom stereocenters. The number of carboxylic acid groups (broad SMARTS) is 1. The molecular formula is C12H18Br2N2O3. The number of carbonyl (C=O) groups is 1. The number of nitrogens with two attached hydrogens (primary N) is 2. The molecule has 0 fully saturated rings. The minimum absolute atomic E-state index is 0.175. The van der Waals surface area contributed by atoms with Crippen LogP contribution in [0.3, 0.4) is 0 Å². The first-order chi connectivity index (χ1) is 8.65. The number of halogens is 2. The van der Waals surface area contributed by atoms with Crippen molar-refractivity contribution in [3.63, 3.8) is 0 Å². The number of rotatable bonds is 3. The summed E-state index contributed by atoms with van der Waals surface area (Å²) in [6.45, 7) is 3.89. The second kappa shape index (κ2) is 8.39. The molecule has 5 nitrogen and oxygen atoms in total. The van der Waals surface area contributed by atoms with Crippen LogP contribution in [0, 0.1) is 5.92 Å². The molecule has 0 heterocycles. The van der Waals surface area contributed by atoms with Gasteiger partial charge in [-0.15, -0.1) is 0 Å². The van der Waals surface area contributed by atoms with Gasteiger partial charge in [0.05, 0.1) is 8.95 Å². The highest BCUT2D eigenvalue weighted by Crippen LogP contribution is 2.33. The number of aromatic hydroxyl groups is 1. The lowest BCUT2D eigenvalue weighted by atomic mass is 10.1. The summed E-state index contributed by atoms with van der Waals surface area (Å²) in [5.74, 6) is -0.381. The van der Waals surface area contributed by atoms with Crippen LogP contribution in [0.2, 0.25) is 0 Å². The largest absolute Gasteiger partial charge is 0.506 e. The third-order valence-corrected chi connectivity index (χ3v) is 3.29. The molecule has 6 N–H and O–H groups in total. The molecule has 0 amide bonds. The Morgan fingerprint density at radius 3 is 2.00 bits per heavy atom. The van der Waals surface area contributed by atoms with Crippen LogP contribution in [0.25, 0.3) is 0 Å². The summed E-state index contributed by atoms with van der Waals surface area (Å²) < 4.78 is 1.19. The molecule has 108 valence electrons. The zero-order chi connectivity index (χ0) is 15.2. The Kier molecular flexibility index (Phi) is 8.05. The lowest BCUT2D eigenvalue weighted by molar-refractivity contribution is -0.138. The van der Waals surface area contributed by atoms with Gasteiger partial charge >= 0.3 is 5.97 Å². The molecule has 0 aliphatic rings. The lowest BCUT2D eigenvalue weighted by Gasteiger charge is -2.07. The standard InChI is InChI=1S/C6H5Br2NO.C6H13NO2/c7-4-1-3(9)2-5(8)6(4)10;1-4(2)3-5(7)6(8)9/h1-2,10H,9H2;4-5H,3,7H2,1-2H3,(H,8,9)/t;5-/m.0/s1. The molecule has 0 aromatic heterocycles. The SMILES string of the molecule is CC(C)C[C@H](N)C(=O)O.Nc1cc(Br)c(O)c(Br)c1. The van der Waals surface area contributed by atoms with Crippen LogP contribution in [0.5, 0.6) is 5.75 Å². The van der Waals surface area contributed by atoms with E-state index in [1.807, 2.05) is 13.8 Å². The Hall–Kier alpha value is -0.790. The van der Waals surface area contributed by atoms with E-state index in [0.717, 1.165) is 0 Å². The van der Waals surface area contributed by atoms with Crippen LogP contribution in [-0.2, 0) is 4.79 Å². The third kappa shape index (κ3) is 7.39. The molecule has 0 aliphatic carbocycles. The van der Waals surface area contributed by atoms with E-state index in [9.17, 15) is 9.90 Å². The zero-order valence-electron chi connectivity index (χ0n) is 10.7. The Morgan fingerprint density at radius 2 is 1.74 bits per heavy atom. The summed E-state index contributed by atoms with van der Waals surface area (Å²) in [5, 5.41) is 17.5. The highest BCUT2D eigenvalue weighted by Gasteiger charge is 2.11. The van der Waals surface area contributed by atoms with Crippen molar-refractivity contribution in [3.8, 4) is 5.75 Å². The van der Waals surface area contributed by atoms with Gasteiger partial charge in [0.2, 0.25) is 0 Å². The Morgan fingerprint density at radius 1 is 1.32 bits per heavy atom. The van der Waals surface area contributed by atoms with Crippen LogP contribution in [0.15, 0.2) is 21.1 Å². The number of anilines is 1. The minimum Gasteiger partial charge on any atom is -0.506 e. The summed E-state index contributed by atoms with van der Waals surface area (Å²) in [6.07, 6.45) is 0.551. The third-order valence-electron chi connectivity index (χ3n) is 2.08. The Bertz CT molecular complexity index is 416. The van der Waals surface area contributed by atoms with Crippen molar-refractivity contribution in [3.05, 3.63) is 21.1 Å². The van der Waals surface area contributed by atoms with Gasteiger partial charge in [-0.3, -0.25) is 4.79 Å². The molecule has 0 spiro atoms. The van der Waals surface area contributed by atoms with Gasteiger partial charge in [-0.25, -0.2) is 0 Å². The van der Waals surface area contributed by atoms with E-state index in [2.05, 4.69) is 31.9 Å². The molecular weight excluding hydrogens is 380 g/mol. The summed E-state index contributed by atoms with van der Waals surface area (Å²) in [7, 11) is 0. The van der Waals surface area contributed by atoms with Crippen LogP contribution in [-0.4, -0.2) is 22.2 Å². The van der Waals surface area contributed by atoms with Crippen molar-refractivity contribution in [1.82, 2.24) is 0 Å². The molecule has 1 aromatic rings. The van der Waals surface area contributed by atoms with E-state index in [1.54, 1.807) is 12.1 Å². The predicted molar refractivity (Wildman–Crippen MR) is 83.0 cm³/mol. The molecule has 0 saturated carbocycles. The van der Waals surface area contributed by atoms with E-state index < -0.39 is 12.0 Å². The maximum atomic E-state index is 10.1. The molecule has 19 heavy (non-hydrogen) atoms. The summed E-state index contributed by atoms with van der Waals surface area (Å²) in [4.78, 5) is 10.1. The van der Waals surface area contributed by atoms with E-state index in [1.165, 1.54) is 0 Å². The van der Waals surface area contributed by atoms with E-state index in [0.29, 0.717) is 27.0 Å². The van der Waals surface area contributed by atoms with Crippen LogP contribution in [0.1, 0.15) is 20.3 Å². The van der Waals surface area contributed by atoms with Gasteiger partial charge in [-0.2, -0.15) is 0 Å². The first-order valence-corrected chi connectivity index (χ1v) is 7.15. The maximum absolute atomic E-state index is 10.1. The van der Waals surface area contributed by atoms with Crippen LogP contribution in [0.4, 0.5) is 5.69 Å². The highest BCUT2D eigenvalue weighted by molar-refractivity contribution is 9.11. The molecule has 1 rings (SSSR count). The van der Waals surface area contributed by atoms with Crippen LogP contribution < -0.4 is 11.5 Å². The number of aliphatic carboxylic acids is 1. The van der Waals surface area contributed by atoms with Crippen molar-refractivity contribution in [2.24, 2.45) is 11.7 Å². The smallest absolute Gasteiger partial charge is 0.320 e. The molecule has 1 atom stereocenters. The average molecular weight is 398 g/mol. The van der Waals surface area contributed by atoms with Gasteiger partial charge in [-0.05, 0) is 56.3 Å². The Labute approximate surface area is 129 Å². The second-order valence-electron chi connectivity index (χ2n) is 4.41. The second-order valence-corrected chi connectivity index (χ2v) is 6.12. The lowest BCUT2D eigenvalue weighted by Crippen LogP contribution is -2.31. The Balaban J connectivity index is 0.000000344. The van der Waals surface area contributed by atoms with E-state index in [4.69, 9.17) is 16.6 Å². The normalized spacial score (nSPS) is 11.7. The monoisotopic (exact) mass is 396 g/mol. The molecule has 0 radical (unpaired) electrons. The van der Waals surface area contributed by atoms with Crippen molar-refractivity contribution in [1.29, 1.82) is 0 Å². The number of benzene rings is 1. The molecule has 0 bridgehead atoms. The van der Waals surface area contributed by atoms with E-state index in [-0.39, 0.29) is 5.75 Å². The average Bonchev–Trinajstić information content (AvgIpc) is 2.25. The predicted octanol–water partition coefficient (Wildman–Crippen LogP) is 2.94. The number of phenolic OH excluding ortho intramolecular Hbond substituents is 1. The zero-order valence-corrected chi connectivity index (χ0v) is 13.9. The van der Waals surface area contributed by atoms with Gasteiger partial charge in [-0.1, -0.05) is 13.8 Å². The topological polar surface area (TPSA) is 110 Å². The first-order valence-electron chi connectivity index (χ1n) is 5.57. The highest BCUT2D eigenvalue weighted by atomic mass is 79.9. The number of nitrogen functional groups attached to an aromatic ring is 1. The fourth-order valence-corrected chi connectivity index (χ4v) is 2.42. The van der Waals surface area contributed by atoms with Crippen molar-refractivity contribution < 1.29 is 15.0 Å². The van der Waals surface area contributed by atoms with Gasteiger partial charge in [0.25, 0.3) is 0 Å². The number of phenols is 1. The molecule has 1 aromatic carbocycles. The van der Waals surface area contributed by atoms with Gasteiger partial charge in [0.15, 0.2) is 0 Å².